The Bertz CT molecular complexity index is 806. The van der Waals surface area contributed by atoms with Gasteiger partial charge in [0.25, 0.3) is 0 Å². The summed E-state index contributed by atoms with van der Waals surface area (Å²) in [7, 11) is 0. The Morgan fingerprint density at radius 1 is 1.19 bits per heavy atom. The van der Waals surface area contributed by atoms with Gasteiger partial charge in [-0.25, -0.2) is 0 Å². The summed E-state index contributed by atoms with van der Waals surface area (Å²) in [5.41, 5.74) is 1.77. The molecular weight excluding hydrogens is 348 g/mol. The normalized spacial score (nSPS) is 12.8. The summed E-state index contributed by atoms with van der Waals surface area (Å²) in [5.74, 6) is 1.36. The molecule has 26 heavy (non-hydrogen) atoms. The summed E-state index contributed by atoms with van der Waals surface area (Å²) in [4.78, 5) is 13.5. The molecule has 1 aliphatic rings. The number of hydrogen-bond acceptors (Lipinski definition) is 5. The highest BCUT2D eigenvalue weighted by molar-refractivity contribution is 7.16. The molecule has 1 aliphatic carbocycles. The van der Waals surface area contributed by atoms with Crippen molar-refractivity contribution < 1.29 is 14.3 Å². The fraction of sp³-hybridized carbons (Fsp3) is 0.400. The molecule has 1 N–H and O–H groups in total. The van der Waals surface area contributed by atoms with Crippen LogP contribution in [0.15, 0.2) is 24.3 Å². The molecule has 1 aromatic heterocycles. The lowest BCUT2D eigenvalue weighted by Crippen LogP contribution is -2.15. The molecule has 0 fully saturated rings. The molecule has 0 bridgehead atoms. The molecule has 5 nitrogen and oxygen atoms in total. The molecule has 3 rings (SSSR count). The van der Waals surface area contributed by atoms with Crippen LogP contribution in [0.4, 0.5) is 5.00 Å². The highest BCUT2D eigenvalue weighted by atomic mass is 32.1. The monoisotopic (exact) mass is 370 g/mol. The topological polar surface area (TPSA) is 71.3 Å². The zero-order chi connectivity index (χ0) is 18.4. The van der Waals surface area contributed by atoms with Crippen molar-refractivity contribution in [2.45, 2.75) is 39.0 Å². The van der Waals surface area contributed by atoms with E-state index in [4.69, 9.17) is 9.47 Å². The van der Waals surface area contributed by atoms with Gasteiger partial charge in [0, 0.05) is 4.88 Å². The minimum Gasteiger partial charge on any atom is -0.494 e. The Hall–Kier alpha value is -2.52. The maximum absolute atomic E-state index is 12.2. The number of anilines is 1. The van der Waals surface area contributed by atoms with Crippen LogP contribution in [0.1, 0.15) is 42.2 Å². The van der Waals surface area contributed by atoms with Crippen molar-refractivity contribution in [3.63, 3.8) is 0 Å². The van der Waals surface area contributed by atoms with Gasteiger partial charge in [0.2, 0.25) is 5.91 Å². The lowest BCUT2D eigenvalue weighted by molar-refractivity contribution is -0.116. The second-order valence-corrected chi connectivity index (χ2v) is 7.18. The quantitative estimate of drug-likeness (QED) is 0.788. The number of carbonyl (C=O) groups excluding carboxylic acids is 1. The van der Waals surface area contributed by atoms with E-state index >= 15 is 0 Å². The van der Waals surface area contributed by atoms with Crippen LogP contribution in [0, 0.1) is 11.3 Å². The Labute approximate surface area is 157 Å². The van der Waals surface area contributed by atoms with E-state index in [0.29, 0.717) is 22.9 Å². The molecule has 1 aromatic carbocycles. The van der Waals surface area contributed by atoms with Gasteiger partial charge in [-0.1, -0.05) is 0 Å². The fourth-order valence-electron chi connectivity index (χ4n) is 3.02. The van der Waals surface area contributed by atoms with Gasteiger partial charge in [-0.15, -0.1) is 11.3 Å². The second kappa shape index (κ2) is 8.72. The maximum Gasteiger partial charge on any atom is 0.228 e. The molecule has 0 unspecified atom stereocenters. The van der Waals surface area contributed by atoms with Crippen LogP contribution in [-0.4, -0.2) is 19.1 Å². The maximum atomic E-state index is 12.2. The van der Waals surface area contributed by atoms with E-state index in [1.54, 1.807) is 11.3 Å². The van der Waals surface area contributed by atoms with Crippen LogP contribution in [0.5, 0.6) is 11.5 Å². The summed E-state index contributed by atoms with van der Waals surface area (Å²) in [6.07, 6.45) is 4.45. The van der Waals surface area contributed by atoms with Crippen molar-refractivity contribution in [3.8, 4) is 17.6 Å². The number of carbonyl (C=O) groups is 1. The third kappa shape index (κ3) is 4.36. The fourth-order valence-corrected chi connectivity index (χ4v) is 4.28. The highest BCUT2D eigenvalue weighted by Crippen LogP contribution is 2.37. The first-order valence-electron chi connectivity index (χ1n) is 8.91. The number of nitriles is 1. The Kier molecular flexibility index (Phi) is 6.13. The van der Waals surface area contributed by atoms with Crippen LogP contribution in [-0.2, 0) is 17.6 Å². The molecule has 0 atom stereocenters. The standard InChI is InChI=1S/C20H22N2O3S/c1-2-24-14-7-9-15(10-8-14)25-12-11-19(23)22-20-17(13-21)16-5-3-4-6-18(16)26-20/h7-10H,2-6,11-12H2,1H3,(H,22,23). The highest BCUT2D eigenvalue weighted by Gasteiger charge is 2.21. The van der Waals surface area contributed by atoms with Crippen LogP contribution in [0.3, 0.4) is 0 Å². The summed E-state index contributed by atoms with van der Waals surface area (Å²) in [6.45, 7) is 2.84. The van der Waals surface area contributed by atoms with Gasteiger partial charge in [0.05, 0.1) is 25.2 Å². The molecule has 1 amide bonds. The average Bonchev–Trinajstić information content (AvgIpc) is 3.00. The molecule has 0 saturated carbocycles. The Balaban J connectivity index is 1.52. The van der Waals surface area contributed by atoms with Crippen molar-refractivity contribution in [3.05, 3.63) is 40.3 Å². The molecule has 0 radical (unpaired) electrons. The molecule has 6 heteroatoms. The third-order valence-electron chi connectivity index (χ3n) is 4.27. The van der Waals surface area contributed by atoms with Crippen LogP contribution in [0.2, 0.25) is 0 Å². The number of aryl methyl sites for hydroxylation is 1. The summed E-state index contributed by atoms with van der Waals surface area (Å²) < 4.78 is 11.0. The number of hydrogen-bond donors (Lipinski definition) is 1. The SMILES string of the molecule is CCOc1ccc(OCCC(=O)Nc2sc3c(c2C#N)CCCC3)cc1. The second-order valence-electron chi connectivity index (χ2n) is 6.08. The van der Waals surface area contributed by atoms with Crippen LogP contribution in [0.25, 0.3) is 0 Å². The number of benzene rings is 1. The first-order valence-corrected chi connectivity index (χ1v) is 9.73. The molecule has 136 valence electrons. The van der Waals surface area contributed by atoms with Crippen LogP contribution >= 0.6 is 11.3 Å². The molecule has 0 aliphatic heterocycles. The van der Waals surface area contributed by atoms with E-state index in [1.165, 1.54) is 4.88 Å². The molecule has 2 aromatic rings. The number of nitrogens with one attached hydrogen (secondary N) is 1. The average molecular weight is 370 g/mol. The first kappa shape index (κ1) is 18.3. The number of nitrogens with zero attached hydrogens (tertiary/aromatic N) is 1. The smallest absolute Gasteiger partial charge is 0.228 e. The molecule has 1 heterocycles. The zero-order valence-corrected chi connectivity index (χ0v) is 15.7. The summed E-state index contributed by atoms with van der Waals surface area (Å²) in [5, 5.41) is 13.0. The van der Waals surface area contributed by atoms with Gasteiger partial charge in [-0.2, -0.15) is 5.26 Å². The largest absolute Gasteiger partial charge is 0.494 e. The zero-order valence-electron chi connectivity index (χ0n) is 14.8. The van der Waals surface area contributed by atoms with Gasteiger partial charge >= 0.3 is 0 Å². The van der Waals surface area contributed by atoms with Crippen molar-refractivity contribution in [2.24, 2.45) is 0 Å². The Morgan fingerprint density at radius 3 is 2.58 bits per heavy atom. The van der Waals surface area contributed by atoms with Gasteiger partial charge in [-0.05, 0) is 62.4 Å². The van der Waals surface area contributed by atoms with E-state index in [1.807, 2.05) is 31.2 Å². The minimum absolute atomic E-state index is 0.133. The lowest BCUT2D eigenvalue weighted by Gasteiger charge is -2.09. The van der Waals surface area contributed by atoms with Gasteiger partial charge in [0.1, 0.15) is 22.6 Å². The van der Waals surface area contributed by atoms with E-state index in [-0.39, 0.29) is 18.9 Å². The molecule has 0 saturated heterocycles. The van der Waals surface area contributed by atoms with Crippen molar-refractivity contribution >= 4 is 22.2 Å². The summed E-state index contributed by atoms with van der Waals surface area (Å²) >= 11 is 1.54. The lowest BCUT2D eigenvalue weighted by atomic mass is 9.96. The molecular formula is C20H22N2O3S. The van der Waals surface area contributed by atoms with Crippen molar-refractivity contribution in [1.29, 1.82) is 5.26 Å². The third-order valence-corrected chi connectivity index (χ3v) is 5.48. The number of fused-ring (bicyclic) bond motifs is 1. The molecule has 0 spiro atoms. The van der Waals surface area contributed by atoms with E-state index in [9.17, 15) is 10.1 Å². The van der Waals surface area contributed by atoms with E-state index in [2.05, 4.69) is 11.4 Å². The van der Waals surface area contributed by atoms with Gasteiger partial charge in [-0.3, -0.25) is 4.79 Å². The van der Waals surface area contributed by atoms with Gasteiger partial charge in [0.15, 0.2) is 0 Å². The van der Waals surface area contributed by atoms with E-state index in [0.717, 1.165) is 37.0 Å². The summed E-state index contributed by atoms with van der Waals surface area (Å²) in [6, 6.07) is 9.59. The first-order chi connectivity index (χ1) is 12.7. The predicted octanol–water partition coefficient (Wildman–Crippen LogP) is 4.30. The van der Waals surface area contributed by atoms with Crippen molar-refractivity contribution in [2.75, 3.05) is 18.5 Å². The Morgan fingerprint density at radius 2 is 1.88 bits per heavy atom. The minimum atomic E-state index is -0.133. The van der Waals surface area contributed by atoms with Crippen LogP contribution < -0.4 is 14.8 Å². The number of ether oxygens (including phenoxy) is 2. The van der Waals surface area contributed by atoms with E-state index < -0.39 is 0 Å². The van der Waals surface area contributed by atoms with Crippen molar-refractivity contribution in [1.82, 2.24) is 0 Å². The predicted molar refractivity (Wildman–Crippen MR) is 102 cm³/mol. The number of rotatable bonds is 7. The number of thiophene rings is 1. The number of amides is 1. The van der Waals surface area contributed by atoms with Gasteiger partial charge < -0.3 is 14.8 Å².